The number of halogens is 1. The molecule has 1 rings (SSSR count). The zero-order valence-electron chi connectivity index (χ0n) is 10.9. The zero-order chi connectivity index (χ0) is 13.8. The Morgan fingerprint density at radius 1 is 1.50 bits per heavy atom. The largest absolute Gasteiger partial charge is 0.497 e. The van der Waals surface area contributed by atoms with Crippen LogP contribution in [0.1, 0.15) is 19.4 Å². The number of hydrogen-bond donors (Lipinski definition) is 2. The summed E-state index contributed by atoms with van der Waals surface area (Å²) in [5, 5.41) is 3.23. The summed E-state index contributed by atoms with van der Waals surface area (Å²) in [4.78, 5) is 11.2. The van der Waals surface area contributed by atoms with Crippen LogP contribution in [0.3, 0.4) is 0 Å². The summed E-state index contributed by atoms with van der Waals surface area (Å²) < 4.78 is 6.18. The summed E-state index contributed by atoms with van der Waals surface area (Å²) in [6, 6.07) is 5.78. The summed E-state index contributed by atoms with van der Waals surface area (Å²) in [5.74, 6) is 0.504. The van der Waals surface area contributed by atoms with E-state index < -0.39 is 5.41 Å². The summed E-state index contributed by atoms with van der Waals surface area (Å²) >= 11 is 3.48. The molecule has 4 nitrogen and oxygen atoms in total. The SMILES string of the molecule is COc1ccc(Br)c(CNCC(C)(C)C(N)=O)c1. The number of methoxy groups -OCH3 is 1. The quantitative estimate of drug-likeness (QED) is 0.844. The lowest BCUT2D eigenvalue weighted by Crippen LogP contribution is -2.40. The van der Waals surface area contributed by atoms with Crippen molar-refractivity contribution < 1.29 is 9.53 Å². The van der Waals surface area contributed by atoms with E-state index in [1.165, 1.54) is 0 Å². The number of nitrogens with one attached hydrogen (secondary N) is 1. The number of benzene rings is 1. The van der Waals surface area contributed by atoms with Crippen molar-refractivity contribution in [2.24, 2.45) is 11.1 Å². The predicted octanol–water partition coefficient (Wildman–Crippen LogP) is 2.06. The van der Waals surface area contributed by atoms with Crippen LogP contribution in [0.2, 0.25) is 0 Å². The molecule has 18 heavy (non-hydrogen) atoms. The van der Waals surface area contributed by atoms with Gasteiger partial charge in [-0.25, -0.2) is 0 Å². The fourth-order valence-electron chi connectivity index (χ4n) is 1.41. The van der Waals surface area contributed by atoms with Crippen molar-refractivity contribution in [2.45, 2.75) is 20.4 Å². The minimum absolute atomic E-state index is 0.306. The predicted molar refractivity (Wildman–Crippen MR) is 75.4 cm³/mol. The van der Waals surface area contributed by atoms with Crippen LogP contribution in [0.4, 0.5) is 0 Å². The fraction of sp³-hybridized carbons (Fsp3) is 0.462. The van der Waals surface area contributed by atoms with Gasteiger partial charge in [-0.15, -0.1) is 0 Å². The van der Waals surface area contributed by atoms with E-state index in [0.717, 1.165) is 15.8 Å². The van der Waals surface area contributed by atoms with Gasteiger partial charge in [-0.05, 0) is 37.6 Å². The van der Waals surface area contributed by atoms with Gasteiger partial charge in [-0.1, -0.05) is 15.9 Å². The Labute approximate surface area is 116 Å². The average molecular weight is 315 g/mol. The molecule has 0 heterocycles. The van der Waals surface area contributed by atoms with E-state index in [2.05, 4.69) is 21.2 Å². The maximum absolute atomic E-state index is 11.2. The number of ether oxygens (including phenoxy) is 1. The summed E-state index contributed by atoms with van der Waals surface area (Å²) in [7, 11) is 1.64. The standard InChI is InChI=1S/C13H19BrN2O2/c1-13(2,12(15)17)8-16-7-9-6-10(18-3)4-5-11(9)14/h4-6,16H,7-8H2,1-3H3,(H2,15,17). The first-order chi connectivity index (χ1) is 8.36. The highest BCUT2D eigenvalue weighted by atomic mass is 79.9. The second kappa shape index (κ2) is 6.20. The van der Waals surface area contributed by atoms with Crippen LogP contribution in [-0.4, -0.2) is 19.6 Å². The molecule has 0 atom stereocenters. The lowest BCUT2D eigenvalue weighted by Gasteiger charge is -2.21. The highest BCUT2D eigenvalue weighted by Crippen LogP contribution is 2.22. The van der Waals surface area contributed by atoms with Crippen molar-refractivity contribution in [2.75, 3.05) is 13.7 Å². The van der Waals surface area contributed by atoms with Crippen LogP contribution in [0.25, 0.3) is 0 Å². The third-order valence-electron chi connectivity index (χ3n) is 2.80. The molecule has 1 aromatic carbocycles. The molecule has 5 heteroatoms. The lowest BCUT2D eigenvalue weighted by molar-refractivity contribution is -0.125. The van der Waals surface area contributed by atoms with E-state index in [4.69, 9.17) is 10.5 Å². The second-order valence-corrected chi connectivity index (χ2v) is 5.66. The molecule has 0 saturated heterocycles. The Morgan fingerprint density at radius 2 is 2.17 bits per heavy atom. The van der Waals surface area contributed by atoms with E-state index in [-0.39, 0.29) is 5.91 Å². The first kappa shape index (κ1) is 15.0. The average Bonchev–Trinajstić information content (AvgIpc) is 2.31. The molecule has 1 aromatic rings. The third-order valence-corrected chi connectivity index (χ3v) is 3.58. The number of hydrogen-bond acceptors (Lipinski definition) is 3. The molecule has 0 saturated carbocycles. The van der Waals surface area contributed by atoms with Crippen LogP contribution in [0, 0.1) is 5.41 Å². The highest BCUT2D eigenvalue weighted by Gasteiger charge is 2.24. The first-order valence-electron chi connectivity index (χ1n) is 5.70. The van der Waals surface area contributed by atoms with Crippen molar-refractivity contribution in [3.8, 4) is 5.75 Å². The van der Waals surface area contributed by atoms with Crippen molar-refractivity contribution in [1.29, 1.82) is 0 Å². The van der Waals surface area contributed by atoms with Gasteiger partial charge < -0.3 is 15.8 Å². The van der Waals surface area contributed by atoms with Crippen LogP contribution in [-0.2, 0) is 11.3 Å². The molecule has 0 bridgehead atoms. The van der Waals surface area contributed by atoms with Crippen molar-refractivity contribution in [3.05, 3.63) is 28.2 Å². The van der Waals surface area contributed by atoms with Crippen molar-refractivity contribution in [1.82, 2.24) is 5.32 Å². The Balaban J connectivity index is 2.61. The maximum Gasteiger partial charge on any atom is 0.224 e. The summed E-state index contributed by atoms with van der Waals surface area (Å²) in [6.45, 7) is 4.83. The molecule has 0 aliphatic rings. The van der Waals surface area contributed by atoms with Crippen molar-refractivity contribution in [3.63, 3.8) is 0 Å². The Bertz CT molecular complexity index is 433. The van der Waals surface area contributed by atoms with Gasteiger partial charge in [-0.3, -0.25) is 4.79 Å². The van der Waals surface area contributed by atoms with E-state index >= 15 is 0 Å². The molecule has 0 radical (unpaired) electrons. The van der Waals surface area contributed by atoms with E-state index in [1.807, 2.05) is 32.0 Å². The molecule has 0 aromatic heterocycles. The van der Waals surface area contributed by atoms with E-state index in [9.17, 15) is 4.79 Å². The van der Waals surface area contributed by atoms with Crippen LogP contribution in [0.5, 0.6) is 5.75 Å². The maximum atomic E-state index is 11.2. The molecular formula is C13H19BrN2O2. The van der Waals surface area contributed by atoms with Crippen LogP contribution >= 0.6 is 15.9 Å². The van der Waals surface area contributed by atoms with Gasteiger partial charge in [0.15, 0.2) is 0 Å². The van der Waals surface area contributed by atoms with Gasteiger partial charge in [0.2, 0.25) is 5.91 Å². The van der Waals surface area contributed by atoms with Crippen LogP contribution < -0.4 is 15.8 Å². The molecule has 0 aliphatic carbocycles. The number of carbonyl (C=O) groups is 1. The smallest absolute Gasteiger partial charge is 0.224 e. The van der Waals surface area contributed by atoms with E-state index in [0.29, 0.717) is 13.1 Å². The Kier molecular flexibility index (Phi) is 5.16. The first-order valence-corrected chi connectivity index (χ1v) is 6.49. The monoisotopic (exact) mass is 314 g/mol. The molecule has 1 amide bonds. The molecular weight excluding hydrogens is 296 g/mol. The van der Waals surface area contributed by atoms with Crippen molar-refractivity contribution >= 4 is 21.8 Å². The lowest BCUT2D eigenvalue weighted by atomic mass is 9.93. The third kappa shape index (κ3) is 3.99. The number of nitrogens with two attached hydrogens (primary N) is 1. The summed E-state index contributed by atoms with van der Waals surface area (Å²) in [5.41, 5.74) is 5.85. The molecule has 3 N–H and O–H groups in total. The number of primary amides is 1. The van der Waals surface area contributed by atoms with Gasteiger partial charge in [0, 0.05) is 17.6 Å². The normalized spacial score (nSPS) is 11.3. The van der Waals surface area contributed by atoms with Crippen LogP contribution in [0.15, 0.2) is 22.7 Å². The molecule has 100 valence electrons. The topological polar surface area (TPSA) is 64.3 Å². The second-order valence-electron chi connectivity index (χ2n) is 4.81. The zero-order valence-corrected chi connectivity index (χ0v) is 12.5. The summed E-state index contributed by atoms with van der Waals surface area (Å²) in [6.07, 6.45) is 0. The van der Waals surface area contributed by atoms with Gasteiger partial charge in [0.05, 0.1) is 12.5 Å². The number of amides is 1. The minimum Gasteiger partial charge on any atom is -0.497 e. The molecule has 0 unspecified atom stereocenters. The number of carbonyl (C=O) groups excluding carboxylic acids is 1. The fourth-order valence-corrected chi connectivity index (χ4v) is 1.80. The Hall–Kier alpha value is -1.07. The molecule has 0 spiro atoms. The number of rotatable bonds is 6. The molecule has 0 aliphatic heterocycles. The van der Waals surface area contributed by atoms with Gasteiger partial charge in [0.1, 0.15) is 5.75 Å². The molecule has 0 fully saturated rings. The Morgan fingerprint density at radius 3 is 2.72 bits per heavy atom. The van der Waals surface area contributed by atoms with Gasteiger partial charge in [-0.2, -0.15) is 0 Å². The minimum atomic E-state index is -0.550. The van der Waals surface area contributed by atoms with Gasteiger partial charge >= 0.3 is 0 Å². The van der Waals surface area contributed by atoms with E-state index in [1.54, 1.807) is 7.11 Å². The highest BCUT2D eigenvalue weighted by molar-refractivity contribution is 9.10. The van der Waals surface area contributed by atoms with Gasteiger partial charge in [0.25, 0.3) is 0 Å².